The van der Waals surface area contributed by atoms with E-state index in [1.807, 2.05) is 6.20 Å². The largest absolute Gasteiger partial charge is 0.312 e. The fourth-order valence-electron chi connectivity index (χ4n) is 3.24. The Morgan fingerprint density at radius 2 is 2.16 bits per heavy atom. The van der Waals surface area contributed by atoms with Crippen LogP contribution in [0.1, 0.15) is 70.0 Å². The summed E-state index contributed by atoms with van der Waals surface area (Å²) in [7, 11) is 2.05. The molecule has 0 spiro atoms. The zero-order chi connectivity index (χ0) is 13.5. The van der Waals surface area contributed by atoms with Crippen LogP contribution in [0, 0.1) is 5.92 Å². The van der Waals surface area contributed by atoms with Gasteiger partial charge in [-0.2, -0.15) is 0 Å². The minimum atomic E-state index is 0.406. The zero-order valence-electron chi connectivity index (χ0n) is 12.4. The number of nitrogens with one attached hydrogen (secondary N) is 1. The van der Waals surface area contributed by atoms with Crippen LogP contribution in [0.4, 0.5) is 0 Å². The number of aromatic nitrogens is 3. The van der Waals surface area contributed by atoms with Gasteiger partial charge in [-0.1, -0.05) is 44.2 Å². The first kappa shape index (κ1) is 14.5. The molecule has 4 heteroatoms. The lowest BCUT2D eigenvalue weighted by Gasteiger charge is -2.24. The second kappa shape index (κ2) is 7.63. The highest BCUT2D eigenvalue weighted by molar-refractivity contribution is 5.02. The molecule has 1 atom stereocenters. The Morgan fingerprint density at radius 1 is 1.37 bits per heavy atom. The highest BCUT2D eigenvalue weighted by Crippen LogP contribution is 2.30. The molecule has 1 aliphatic rings. The fraction of sp³-hybridized carbons (Fsp3) is 0.867. The summed E-state index contributed by atoms with van der Waals surface area (Å²) >= 11 is 0. The molecule has 1 unspecified atom stereocenters. The quantitative estimate of drug-likeness (QED) is 0.821. The molecule has 1 aromatic heterocycles. The Kier molecular flexibility index (Phi) is 5.83. The Bertz CT molecular complexity index is 355. The molecule has 1 heterocycles. The molecule has 108 valence electrons. The maximum atomic E-state index is 4.20. The number of hydrogen-bond acceptors (Lipinski definition) is 3. The normalized spacial score (nSPS) is 18.6. The van der Waals surface area contributed by atoms with E-state index in [2.05, 4.69) is 34.3 Å². The van der Waals surface area contributed by atoms with Crippen molar-refractivity contribution >= 4 is 0 Å². The summed E-state index contributed by atoms with van der Waals surface area (Å²) in [5.41, 5.74) is 1.25. The molecule has 1 N–H and O–H groups in total. The van der Waals surface area contributed by atoms with Gasteiger partial charge >= 0.3 is 0 Å². The summed E-state index contributed by atoms with van der Waals surface area (Å²) in [6.45, 7) is 3.15. The lowest BCUT2D eigenvalue weighted by Crippen LogP contribution is -2.22. The van der Waals surface area contributed by atoms with E-state index in [9.17, 15) is 0 Å². The molecule has 4 nitrogen and oxygen atoms in total. The van der Waals surface area contributed by atoms with Crippen LogP contribution in [0.15, 0.2) is 6.20 Å². The van der Waals surface area contributed by atoms with Gasteiger partial charge in [0.2, 0.25) is 0 Å². The summed E-state index contributed by atoms with van der Waals surface area (Å²) in [4.78, 5) is 0. The SMILES string of the molecule is CCCn1nncc1C(CCC1CCCCC1)NC. The van der Waals surface area contributed by atoms with Crippen molar-refractivity contribution < 1.29 is 0 Å². The number of rotatable bonds is 7. The molecule has 0 radical (unpaired) electrons. The second-order valence-corrected chi connectivity index (χ2v) is 5.80. The summed E-state index contributed by atoms with van der Waals surface area (Å²) in [5.74, 6) is 0.945. The third-order valence-corrected chi connectivity index (χ3v) is 4.38. The average molecular weight is 264 g/mol. The molecule has 0 bridgehead atoms. The predicted molar refractivity (Wildman–Crippen MR) is 77.9 cm³/mol. The van der Waals surface area contributed by atoms with Gasteiger partial charge in [0.05, 0.1) is 17.9 Å². The summed E-state index contributed by atoms with van der Waals surface area (Å²) in [5, 5.41) is 11.7. The summed E-state index contributed by atoms with van der Waals surface area (Å²) < 4.78 is 2.06. The van der Waals surface area contributed by atoms with Crippen LogP contribution in [0.3, 0.4) is 0 Å². The zero-order valence-corrected chi connectivity index (χ0v) is 12.4. The van der Waals surface area contributed by atoms with Gasteiger partial charge in [0.15, 0.2) is 0 Å². The highest BCUT2D eigenvalue weighted by atomic mass is 15.4. The monoisotopic (exact) mass is 264 g/mol. The van der Waals surface area contributed by atoms with Crippen molar-refractivity contribution in [1.29, 1.82) is 0 Å². The molecular formula is C15H28N4. The number of aryl methyl sites for hydroxylation is 1. The van der Waals surface area contributed by atoms with Gasteiger partial charge in [-0.15, -0.1) is 5.10 Å². The van der Waals surface area contributed by atoms with Gasteiger partial charge in [-0.25, -0.2) is 4.68 Å². The molecular weight excluding hydrogens is 236 g/mol. The molecule has 1 fully saturated rings. The van der Waals surface area contributed by atoms with Crippen molar-refractivity contribution in [2.45, 2.75) is 70.9 Å². The summed E-state index contributed by atoms with van der Waals surface area (Å²) in [6.07, 6.45) is 12.8. The second-order valence-electron chi connectivity index (χ2n) is 5.80. The first-order chi connectivity index (χ1) is 9.35. The van der Waals surface area contributed by atoms with E-state index in [4.69, 9.17) is 0 Å². The number of nitrogens with zero attached hydrogens (tertiary/aromatic N) is 3. The van der Waals surface area contributed by atoms with E-state index in [-0.39, 0.29) is 0 Å². The van der Waals surface area contributed by atoms with Gasteiger partial charge in [0.1, 0.15) is 0 Å². The minimum Gasteiger partial charge on any atom is -0.312 e. The van der Waals surface area contributed by atoms with E-state index >= 15 is 0 Å². The van der Waals surface area contributed by atoms with Crippen molar-refractivity contribution in [2.75, 3.05) is 7.05 Å². The molecule has 0 aromatic carbocycles. The van der Waals surface area contributed by atoms with Crippen LogP contribution in [-0.2, 0) is 6.54 Å². The van der Waals surface area contributed by atoms with Crippen LogP contribution in [0.2, 0.25) is 0 Å². The van der Waals surface area contributed by atoms with Crippen molar-refractivity contribution in [3.05, 3.63) is 11.9 Å². The fourth-order valence-corrected chi connectivity index (χ4v) is 3.24. The van der Waals surface area contributed by atoms with Gasteiger partial charge in [0, 0.05) is 6.54 Å². The van der Waals surface area contributed by atoms with Crippen molar-refractivity contribution in [2.24, 2.45) is 5.92 Å². The smallest absolute Gasteiger partial charge is 0.0756 e. The van der Waals surface area contributed by atoms with Crippen molar-refractivity contribution in [3.8, 4) is 0 Å². The Labute approximate surface area is 117 Å². The van der Waals surface area contributed by atoms with E-state index in [1.54, 1.807) is 0 Å². The topological polar surface area (TPSA) is 42.7 Å². The molecule has 0 aliphatic heterocycles. The predicted octanol–water partition coefficient (Wildman–Crippen LogP) is 3.31. The van der Waals surface area contributed by atoms with Crippen LogP contribution in [-0.4, -0.2) is 22.0 Å². The van der Waals surface area contributed by atoms with Crippen molar-refractivity contribution in [3.63, 3.8) is 0 Å². The maximum absolute atomic E-state index is 4.20. The molecule has 1 aliphatic carbocycles. The van der Waals surface area contributed by atoms with E-state index in [0.717, 1.165) is 18.9 Å². The molecule has 19 heavy (non-hydrogen) atoms. The van der Waals surface area contributed by atoms with Crippen LogP contribution < -0.4 is 5.32 Å². The standard InChI is InChI=1S/C15H28N4/c1-3-11-19-15(12-17-18-19)14(16-2)10-9-13-7-5-4-6-8-13/h12-14,16H,3-11H2,1-2H3. The van der Waals surface area contributed by atoms with Crippen molar-refractivity contribution in [1.82, 2.24) is 20.3 Å². The highest BCUT2D eigenvalue weighted by Gasteiger charge is 2.19. The third-order valence-electron chi connectivity index (χ3n) is 4.38. The van der Waals surface area contributed by atoms with E-state index < -0.39 is 0 Å². The Morgan fingerprint density at radius 3 is 2.84 bits per heavy atom. The van der Waals surface area contributed by atoms with Gasteiger partial charge in [-0.05, 0) is 32.2 Å². The minimum absolute atomic E-state index is 0.406. The molecule has 0 amide bonds. The van der Waals surface area contributed by atoms with Gasteiger partial charge < -0.3 is 5.32 Å². The summed E-state index contributed by atoms with van der Waals surface area (Å²) in [6, 6.07) is 0.406. The lowest BCUT2D eigenvalue weighted by atomic mass is 9.85. The first-order valence-electron chi connectivity index (χ1n) is 7.90. The molecule has 1 saturated carbocycles. The molecule has 0 saturated heterocycles. The Balaban J connectivity index is 1.89. The lowest BCUT2D eigenvalue weighted by molar-refractivity contribution is 0.313. The van der Waals surface area contributed by atoms with Crippen LogP contribution in [0.25, 0.3) is 0 Å². The first-order valence-corrected chi connectivity index (χ1v) is 7.90. The van der Waals surface area contributed by atoms with Gasteiger partial charge in [-0.3, -0.25) is 0 Å². The molecule has 1 aromatic rings. The molecule has 2 rings (SSSR count). The Hall–Kier alpha value is -0.900. The maximum Gasteiger partial charge on any atom is 0.0756 e. The third kappa shape index (κ3) is 4.03. The average Bonchev–Trinajstić information content (AvgIpc) is 2.90. The van der Waals surface area contributed by atoms with Crippen LogP contribution in [0.5, 0.6) is 0 Å². The number of hydrogen-bond donors (Lipinski definition) is 1. The van der Waals surface area contributed by atoms with E-state index in [1.165, 1.54) is 50.6 Å². The van der Waals surface area contributed by atoms with Gasteiger partial charge in [0.25, 0.3) is 0 Å². The van der Waals surface area contributed by atoms with Crippen LogP contribution >= 0.6 is 0 Å². The van der Waals surface area contributed by atoms with E-state index in [0.29, 0.717) is 6.04 Å².